The Morgan fingerprint density at radius 3 is 2.52 bits per heavy atom. The SMILES string of the molecule is CC1=CC(C)(C)N(C)c2ccc([C@@H]3[C@H](c4ccccn4)NC(=S)N3c3ccc(Br)cc3)cc21. The Bertz CT molecular complexity index is 1240. The highest BCUT2D eigenvalue weighted by Gasteiger charge is 2.41. The van der Waals surface area contributed by atoms with Gasteiger partial charge in [-0.1, -0.05) is 34.1 Å². The van der Waals surface area contributed by atoms with E-state index >= 15 is 0 Å². The molecule has 0 bridgehead atoms. The van der Waals surface area contributed by atoms with E-state index < -0.39 is 0 Å². The lowest BCUT2D eigenvalue weighted by Crippen LogP contribution is -2.42. The third-order valence-electron chi connectivity index (χ3n) is 6.79. The van der Waals surface area contributed by atoms with Crippen molar-refractivity contribution in [2.45, 2.75) is 38.4 Å². The molecule has 1 aromatic heterocycles. The zero-order valence-corrected chi connectivity index (χ0v) is 21.6. The Balaban J connectivity index is 1.65. The summed E-state index contributed by atoms with van der Waals surface area (Å²) in [4.78, 5) is 9.24. The maximum absolute atomic E-state index is 5.86. The summed E-state index contributed by atoms with van der Waals surface area (Å²) in [6.07, 6.45) is 4.19. The third kappa shape index (κ3) is 3.85. The van der Waals surface area contributed by atoms with Crippen molar-refractivity contribution in [3.05, 3.63) is 94.2 Å². The monoisotopic (exact) mass is 518 g/mol. The lowest BCUT2D eigenvalue weighted by atomic mass is 9.86. The summed E-state index contributed by atoms with van der Waals surface area (Å²) >= 11 is 9.41. The molecule has 2 aliphatic rings. The molecule has 4 nitrogen and oxygen atoms in total. The summed E-state index contributed by atoms with van der Waals surface area (Å²) in [5, 5.41) is 4.26. The van der Waals surface area contributed by atoms with Gasteiger partial charge < -0.3 is 15.1 Å². The van der Waals surface area contributed by atoms with Crippen molar-refractivity contribution in [1.29, 1.82) is 0 Å². The van der Waals surface area contributed by atoms with E-state index in [-0.39, 0.29) is 17.6 Å². The number of nitrogens with one attached hydrogen (secondary N) is 1. The standard InChI is InChI=1S/C27H27BrN4S/c1-17-16-27(2,3)31(4)23-13-8-18(15-21(17)23)25-24(22-7-5-6-14-29-22)30-26(33)32(25)20-11-9-19(28)10-12-20/h5-16,24-25H,1-4H3,(H,30,33)/t24-,25+/m0/s1. The minimum absolute atomic E-state index is 0.0188. The van der Waals surface area contributed by atoms with Crippen LogP contribution in [-0.2, 0) is 0 Å². The van der Waals surface area contributed by atoms with Crippen molar-refractivity contribution in [2.24, 2.45) is 0 Å². The number of halogens is 1. The molecule has 0 saturated carbocycles. The van der Waals surface area contributed by atoms with Crippen molar-refractivity contribution in [1.82, 2.24) is 10.3 Å². The van der Waals surface area contributed by atoms with Crippen LogP contribution < -0.4 is 15.1 Å². The molecular formula is C27H27BrN4S. The highest BCUT2D eigenvalue weighted by Crippen LogP contribution is 2.45. The second-order valence-corrected chi connectivity index (χ2v) is 10.6. The van der Waals surface area contributed by atoms with Gasteiger partial charge in [0.25, 0.3) is 0 Å². The molecule has 1 N–H and O–H groups in total. The van der Waals surface area contributed by atoms with Crippen LogP contribution in [0.3, 0.4) is 0 Å². The van der Waals surface area contributed by atoms with Crippen LogP contribution in [0.5, 0.6) is 0 Å². The number of nitrogens with zero attached hydrogens (tertiary/aromatic N) is 3. The van der Waals surface area contributed by atoms with Crippen LogP contribution >= 0.6 is 28.1 Å². The predicted molar refractivity (Wildman–Crippen MR) is 145 cm³/mol. The molecule has 168 valence electrons. The Hall–Kier alpha value is -2.70. The molecule has 2 aromatic carbocycles. The summed E-state index contributed by atoms with van der Waals surface area (Å²) in [7, 11) is 2.17. The van der Waals surface area contributed by atoms with E-state index in [9.17, 15) is 0 Å². The number of hydrogen-bond donors (Lipinski definition) is 1. The first-order valence-electron chi connectivity index (χ1n) is 11.1. The quantitative estimate of drug-likeness (QED) is 0.392. The first-order chi connectivity index (χ1) is 15.8. The molecule has 1 saturated heterocycles. The number of thiocarbonyl (C=S) groups is 1. The molecule has 0 unspecified atom stereocenters. The third-order valence-corrected chi connectivity index (χ3v) is 7.63. The van der Waals surface area contributed by atoms with E-state index in [2.05, 4.69) is 118 Å². The van der Waals surface area contributed by atoms with Gasteiger partial charge in [0.05, 0.1) is 23.3 Å². The van der Waals surface area contributed by atoms with Gasteiger partial charge >= 0.3 is 0 Å². The highest BCUT2D eigenvalue weighted by molar-refractivity contribution is 9.10. The van der Waals surface area contributed by atoms with Crippen LogP contribution in [-0.4, -0.2) is 22.7 Å². The van der Waals surface area contributed by atoms with Crippen LogP contribution in [0, 0.1) is 0 Å². The first kappa shape index (κ1) is 22.1. The lowest BCUT2D eigenvalue weighted by molar-refractivity contribution is 0.566. The minimum Gasteiger partial charge on any atom is -0.366 e. The molecule has 0 spiro atoms. The molecule has 2 atom stereocenters. The van der Waals surface area contributed by atoms with Crippen molar-refractivity contribution < 1.29 is 0 Å². The summed E-state index contributed by atoms with van der Waals surface area (Å²) in [6, 6.07) is 21.1. The molecule has 6 heteroatoms. The van der Waals surface area contributed by atoms with Crippen LogP contribution in [0.1, 0.15) is 49.7 Å². The molecule has 3 aromatic rings. The van der Waals surface area contributed by atoms with Crippen molar-refractivity contribution in [2.75, 3.05) is 16.8 Å². The Labute approximate surface area is 209 Å². The number of fused-ring (bicyclic) bond motifs is 1. The van der Waals surface area contributed by atoms with Crippen LogP contribution in [0.2, 0.25) is 0 Å². The van der Waals surface area contributed by atoms with Crippen LogP contribution in [0.4, 0.5) is 11.4 Å². The van der Waals surface area contributed by atoms with Gasteiger partial charge in [0.1, 0.15) is 0 Å². The molecule has 2 aliphatic heterocycles. The van der Waals surface area contributed by atoms with Gasteiger partial charge in [0, 0.05) is 34.7 Å². The van der Waals surface area contributed by atoms with E-state index in [1.54, 1.807) is 0 Å². The second kappa shape index (κ2) is 8.26. The number of aromatic nitrogens is 1. The first-order valence-corrected chi connectivity index (χ1v) is 12.3. The molecule has 3 heterocycles. The number of hydrogen-bond acceptors (Lipinski definition) is 3. The topological polar surface area (TPSA) is 31.4 Å². The second-order valence-electron chi connectivity index (χ2n) is 9.29. The maximum atomic E-state index is 5.86. The average molecular weight is 520 g/mol. The Morgan fingerprint density at radius 1 is 1.06 bits per heavy atom. The molecular weight excluding hydrogens is 492 g/mol. The van der Waals surface area contributed by atoms with E-state index in [0.717, 1.165) is 15.9 Å². The van der Waals surface area contributed by atoms with Gasteiger partial charge in [-0.05, 0) is 92.7 Å². The van der Waals surface area contributed by atoms with E-state index in [1.165, 1.54) is 22.4 Å². The van der Waals surface area contributed by atoms with E-state index in [4.69, 9.17) is 12.2 Å². The summed E-state index contributed by atoms with van der Waals surface area (Å²) in [5.74, 6) is 0. The average Bonchev–Trinajstić information content (AvgIpc) is 3.15. The van der Waals surface area contributed by atoms with Crippen molar-refractivity contribution >= 4 is 50.2 Å². The molecule has 0 radical (unpaired) electrons. The lowest BCUT2D eigenvalue weighted by Gasteiger charge is -2.41. The molecule has 5 rings (SSSR count). The summed E-state index contributed by atoms with van der Waals surface area (Å²) in [6.45, 7) is 6.70. The predicted octanol–water partition coefficient (Wildman–Crippen LogP) is 6.65. The van der Waals surface area contributed by atoms with Gasteiger partial charge in [0.15, 0.2) is 5.11 Å². The largest absolute Gasteiger partial charge is 0.366 e. The van der Waals surface area contributed by atoms with E-state index in [1.807, 2.05) is 18.3 Å². The zero-order valence-electron chi connectivity index (χ0n) is 19.2. The van der Waals surface area contributed by atoms with Gasteiger partial charge in [-0.3, -0.25) is 4.98 Å². The molecule has 0 aliphatic carbocycles. The normalized spacial score (nSPS) is 21.5. The number of rotatable bonds is 3. The molecule has 0 amide bonds. The number of allylic oxidation sites excluding steroid dienone is 1. The summed E-state index contributed by atoms with van der Waals surface area (Å²) < 4.78 is 1.04. The molecule has 1 fully saturated rings. The maximum Gasteiger partial charge on any atom is 0.174 e. The highest BCUT2D eigenvalue weighted by atomic mass is 79.9. The van der Waals surface area contributed by atoms with Crippen LogP contribution in [0.25, 0.3) is 5.57 Å². The van der Waals surface area contributed by atoms with Crippen LogP contribution in [0.15, 0.2) is 77.4 Å². The molecule has 33 heavy (non-hydrogen) atoms. The smallest absolute Gasteiger partial charge is 0.174 e. The van der Waals surface area contributed by atoms with Crippen molar-refractivity contribution in [3.63, 3.8) is 0 Å². The van der Waals surface area contributed by atoms with Gasteiger partial charge in [-0.2, -0.15) is 0 Å². The number of likely N-dealkylation sites (N-methyl/N-ethyl adjacent to an activating group) is 1. The fourth-order valence-electron chi connectivity index (χ4n) is 4.93. The van der Waals surface area contributed by atoms with Gasteiger partial charge in [-0.15, -0.1) is 0 Å². The fraction of sp³-hybridized carbons (Fsp3) is 0.259. The van der Waals surface area contributed by atoms with Crippen molar-refractivity contribution in [3.8, 4) is 0 Å². The number of pyridine rings is 1. The minimum atomic E-state index is -0.0533. The summed E-state index contributed by atoms with van der Waals surface area (Å²) in [5.41, 5.74) is 7.04. The van der Waals surface area contributed by atoms with Gasteiger partial charge in [-0.25, -0.2) is 0 Å². The van der Waals surface area contributed by atoms with Gasteiger partial charge in [0.2, 0.25) is 0 Å². The van der Waals surface area contributed by atoms with E-state index in [0.29, 0.717) is 5.11 Å². The number of benzene rings is 2. The fourth-order valence-corrected chi connectivity index (χ4v) is 5.54. The zero-order chi connectivity index (χ0) is 23.3. The Morgan fingerprint density at radius 2 is 1.82 bits per heavy atom. The Kier molecular flexibility index (Phi) is 5.53. The number of anilines is 2.